The van der Waals surface area contributed by atoms with Crippen LogP contribution in [0.2, 0.25) is 0 Å². The van der Waals surface area contributed by atoms with E-state index in [1.807, 2.05) is 0 Å². The predicted molar refractivity (Wildman–Crippen MR) is 77.0 cm³/mol. The maximum atomic E-state index is 11.7. The fourth-order valence-electron chi connectivity index (χ4n) is 2.59. The van der Waals surface area contributed by atoms with Gasteiger partial charge in [-0.2, -0.15) is 0 Å². The number of rotatable bonds is 5. The van der Waals surface area contributed by atoms with Crippen LogP contribution in [0, 0.1) is 5.92 Å². The van der Waals surface area contributed by atoms with E-state index < -0.39 is 5.97 Å². The van der Waals surface area contributed by atoms with Crippen LogP contribution in [0.1, 0.15) is 42.5 Å². The Morgan fingerprint density at radius 3 is 2.70 bits per heavy atom. The molecule has 0 saturated heterocycles. The first-order valence-corrected chi connectivity index (χ1v) is 7.03. The maximum absolute atomic E-state index is 11.7. The second-order valence-corrected chi connectivity index (χ2v) is 5.21. The van der Waals surface area contributed by atoms with Gasteiger partial charge in [-0.1, -0.05) is 31.7 Å². The first kappa shape index (κ1) is 14.4. The number of urea groups is 1. The number of amides is 2. The minimum absolute atomic E-state index is 0.161. The summed E-state index contributed by atoms with van der Waals surface area (Å²) in [6, 6.07) is 5.93. The lowest BCUT2D eigenvalue weighted by Gasteiger charge is -2.11. The Labute approximate surface area is 118 Å². The zero-order valence-corrected chi connectivity index (χ0v) is 11.4. The van der Waals surface area contributed by atoms with E-state index in [0.717, 1.165) is 12.3 Å². The third kappa shape index (κ3) is 4.26. The molecule has 2 rings (SSSR count). The monoisotopic (exact) mass is 276 g/mol. The van der Waals surface area contributed by atoms with Crippen molar-refractivity contribution < 1.29 is 14.7 Å². The molecule has 1 aromatic rings. The molecule has 1 aromatic carbocycles. The molecule has 0 atom stereocenters. The van der Waals surface area contributed by atoms with Crippen LogP contribution in [-0.2, 0) is 0 Å². The lowest BCUT2D eigenvalue weighted by atomic mass is 10.0. The minimum Gasteiger partial charge on any atom is -0.478 e. The molecular formula is C15H20N2O3. The summed E-state index contributed by atoms with van der Waals surface area (Å²) in [5.41, 5.74) is 0.650. The zero-order chi connectivity index (χ0) is 14.4. The molecule has 108 valence electrons. The summed E-state index contributed by atoms with van der Waals surface area (Å²) in [7, 11) is 0. The van der Waals surface area contributed by atoms with Crippen molar-refractivity contribution in [1.82, 2.24) is 5.32 Å². The van der Waals surface area contributed by atoms with E-state index in [1.165, 1.54) is 37.8 Å². The summed E-state index contributed by atoms with van der Waals surface area (Å²) in [5.74, 6) is -0.263. The van der Waals surface area contributed by atoms with Crippen molar-refractivity contribution in [2.24, 2.45) is 5.92 Å². The highest BCUT2D eigenvalue weighted by molar-refractivity contribution is 5.93. The zero-order valence-electron chi connectivity index (χ0n) is 11.4. The van der Waals surface area contributed by atoms with Crippen molar-refractivity contribution in [2.45, 2.75) is 32.1 Å². The molecule has 0 heterocycles. The number of carboxylic acid groups (broad SMARTS) is 1. The summed E-state index contributed by atoms with van der Waals surface area (Å²) in [4.78, 5) is 22.5. The molecule has 0 unspecified atom stereocenters. The van der Waals surface area contributed by atoms with Crippen molar-refractivity contribution in [3.63, 3.8) is 0 Å². The van der Waals surface area contributed by atoms with Crippen LogP contribution >= 0.6 is 0 Å². The molecule has 1 aliphatic rings. The molecule has 5 heteroatoms. The lowest BCUT2D eigenvalue weighted by molar-refractivity contribution is 0.0697. The quantitative estimate of drug-likeness (QED) is 0.773. The lowest BCUT2D eigenvalue weighted by Crippen LogP contribution is -2.30. The molecule has 1 saturated carbocycles. The molecule has 3 N–H and O–H groups in total. The normalized spacial score (nSPS) is 15.0. The standard InChI is InChI=1S/C15H20N2O3/c18-14(19)12-6-3-7-13(10-12)17-15(20)16-9-8-11-4-1-2-5-11/h3,6-7,10-11H,1-2,4-5,8-9H2,(H,18,19)(H2,16,17,20). The van der Waals surface area contributed by atoms with Crippen LogP contribution in [0.5, 0.6) is 0 Å². The fourth-order valence-corrected chi connectivity index (χ4v) is 2.59. The van der Waals surface area contributed by atoms with E-state index in [0.29, 0.717) is 12.2 Å². The van der Waals surface area contributed by atoms with E-state index in [9.17, 15) is 9.59 Å². The summed E-state index contributed by atoms with van der Waals surface area (Å²) in [6.45, 7) is 0.662. The van der Waals surface area contributed by atoms with Gasteiger partial charge in [0.05, 0.1) is 5.56 Å². The number of carboxylic acids is 1. The first-order valence-electron chi connectivity index (χ1n) is 7.03. The van der Waals surface area contributed by atoms with Gasteiger partial charge in [0.2, 0.25) is 0 Å². The number of hydrogen-bond donors (Lipinski definition) is 3. The van der Waals surface area contributed by atoms with Crippen molar-refractivity contribution in [1.29, 1.82) is 0 Å². The molecule has 20 heavy (non-hydrogen) atoms. The van der Waals surface area contributed by atoms with E-state index in [1.54, 1.807) is 12.1 Å². The highest BCUT2D eigenvalue weighted by Crippen LogP contribution is 2.26. The topological polar surface area (TPSA) is 78.4 Å². The highest BCUT2D eigenvalue weighted by atomic mass is 16.4. The van der Waals surface area contributed by atoms with E-state index in [-0.39, 0.29) is 11.6 Å². The smallest absolute Gasteiger partial charge is 0.335 e. The largest absolute Gasteiger partial charge is 0.478 e. The van der Waals surface area contributed by atoms with E-state index in [2.05, 4.69) is 10.6 Å². The van der Waals surface area contributed by atoms with Gasteiger partial charge in [0, 0.05) is 12.2 Å². The molecule has 0 spiro atoms. The molecule has 5 nitrogen and oxygen atoms in total. The second-order valence-electron chi connectivity index (χ2n) is 5.21. The van der Waals surface area contributed by atoms with Gasteiger partial charge in [-0.05, 0) is 30.5 Å². The number of carbonyl (C=O) groups is 2. The van der Waals surface area contributed by atoms with Crippen molar-refractivity contribution in [2.75, 3.05) is 11.9 Å². The maximum Gasteiger partial charge on any atom is 0.335 e. The van der Waals surface area contributed by atoms with Crippen LogP contribution in [0.15, 0.2) is 24.3 Å². The van der Waals surface area contributed by atoms with Gasteiger partial charge in [-0.3, -0.25) is 0 Å². The van der Waals surface area contributed by atoms with E-state index in [4.69, 9.17) is 5.11 Å². The molecule has 0 radical (unpaired) electrons. The fraction of sp³-hybridized carbons (Fsp3) is 0.467. The Morgan fingerprint density at radius 1 is 1.25 bits per heavy atom. The van der Waals surface area contributed by atoms with Gasteiger partial charge < -0.3 is 15.7 Å². The Kier molecular flexibility index (Phi) is 4.98. The molecule has 0 bridgehead atoms. The average Bonchev–Trinajstić information content (AvgIpc) is 2.92. The highest BCUT2D eigenvalue weighted by Gasteiger charge is 2.14. The predicted octanol–water partition coefficient (Wildman–Crippen LogP) is 3.09. The Hall–Kier alpha value is -2.04. The second kappa shape index (κ2) is 6.93. The first-order chi connectivity index (χ1) is 9.65. The number of anilines is 1. The molecular weight excluding hydrogens is 256 g/mol. The molecule has 1 aliphatic carbocycles. The van der Waals surface area contributed by atoms with Gasteiger partial charge in [0.15, 0.2) is 0 Å². The molecule has 0 aromatic heterocycles. The number of nitrogens with one attached hydrogen (secondary N) is 2. The van der Waals surface area contributed by atoms with E-state index >= 15 is 0 Å². The van der Waals surface area contributed by atoms with Crippen LogP contribution in [0.25, 0.3) is 0 Å². The van der Waals surface area contributed by atoms with Gasteiger partial charge in [-0.15, -0.1) is 0 Å². The number of carbonyl (C=O) groups excluding carboxylic acids is 1. The van der Waals surface area contributed by atoms with Crippen LogP contribution in [-0.4, -0.2) is 23.7 Å². The van der Waals surface area contributed by atoms with Crippen molar-refractivity contribution >= 4 is 17.7 Å². The van der Waals surface area contributed by atoms with Crippen molar-refractivity contribution in [3.8, 4) is 0 Å². The van der Waals surface area contributed by atoms with Crippen LogP contribution in [0.3, 0.4) is 0 Å². The summed E-state index contributed by atoms with van der Waals surface area (Å²) < 4.78 is 0. The Balaban J connectivity index is 1.76. The van der Waals surface area contributed by atoms with Gasteiger partial charge in [-0.25, -0.2) is 9.59 Å². The SMILES string of the molecule is O=C(NCCC1CCCC1)Nc1cccc(C(=O)O)c1. The summed E-state index contributed by atoms with van der Waals surface area (Å²) in [5, 5.41) is 14.3. The van der Waals surface area contributed by atoms with Crippen LogP contribution in [0.4, 0.5) is 10.5 Å². The van der Waals surface area contributed by atoms with Gasteiger partial charge in [0.1, 0.15) is 0 Å². The summed E-state index contributed by atoms with van der Waals surface area (Å²) >= 11 is 0. The number of benzene rings is 1. The summed E-state index contributed by atoms with van der Waals surface area (Å²) in [6.07, 6.45) is 6.16. The number of aromatic carboxylic acids is 1. The third-order valence-corrected chi connectivity index (χ3v) is 3.68. The molecule has 1 fully saturated rings. The Bertz CT molecular complexity index is 482. The third-order valence-electron chi connectivity index (χ3n) is 3.68. The minimum atomic E-state index is -1.00. The average molecular weight is 276 g/mol. The van der Waals surface area contributed by atoms with Gasteiger partial charge in [0.25, 0.3) is 0 Å². The molecule has 0 aliphatic heterocycles. The van der Waals surface area contributed by atoms with Gasteiger partial charge >= 0.3 is 12.0 Å². The molecule has 2 amide bonds. The Morgan fingerprint density at radius 2 is 2.00 bits per heavy atom. The van der Waals surface area contributed by atoms with Crippen LogP contribution < -0.4 is 10.6 Å². The van der Waals surface area contributed by atoms with Crippen molar-refractivity contribution in [3.05, 3.63) is 29.8 Å². The number of hydrogen-bond acceptors (Lipinski definition) is 2.